The first kappa shape index (κ1) is 22.3. The number of halogens is 2. The van der Waals surface area contributed by atoms with Gasteiger partial charge in [0, 0.05) is 36.2 Å². The lowest BCUT2D eigenvalue weighted by atomic mass is 9.97. The normalized spacial score (nSPS) is 15.3. The van der Waals surface area contributed by atoms with Crippen LogP contribution in [-0.2, 0) is 9.84 Å². The number of likely N-dealkylation sites (tertiary alicyclic amines) is 1. The van der Waals surface area contributed by atoms with Crippen LogP contribution in [0.2, 0.25) is 10.0 Å². The van der Waals surface area contributed by atoms with Crippen molar-refractivity contribution in [2.75, 3.05) is 19.3 Å². The third-order valence-electron chi connectivity index (χ3n) is 5.39. The molecular weight excluding hydrogens is 475 g/mol. The first-order chi connectivity index (χ1) is 14.7. The lowest BCUT2D eigenvalue weighted by molar-refractivity contribution is 0.0709. The van der Waals surface area contributed by atoms with Crippen LogP contribution in [-0.4, -0.2) is 43.6 Å². The lowest BCUT2D eigenvalue weighted by Gasteiger charge is -2.31. The fourth-order valence-corrected chi connectivity index (χ4v) is 5.91. The van der Waals surface area contributed by atoms with E-state index in [1.165, 1.54) is 6.07 Å². The highest BCUT2D eigenvalue weighted by Crippen LogP contribution is 2.35. The van der Waals surface area contributed by atoms with Crippen molar-refractivity contribution in [2.24, 2.45) is 0 Å². The number of hydrogen-bond acceptors (Lipinski definition) is 5. The molecule has 0 N–H and O–H groups in total. The molecule has 3 aromatic rings. The van der Waals surface area contributed by atoms with Gasteiger partial charge in [-0.3, -0.25) is 4.79 Å². The minimum absolute atomic E-state index is 0.0771. The zero-order valence-electron chi connectivity index (χ0n) is 16.7. The highest BCUT2D eigenvalue weighted by molar-refractivity contribution is 7.90. The Morgan fingerprint density at radius 1 is 1.10 bits per heavy atom. The Labute approximate surface area is 195 Å². The number of hydrogen-bond donors (Lipinski definition) is 0. The van der Waals surface area contributed by atoms with Gasteiger partial charge in [0.05, 0.1) is 31.2 Å². The SMILES string of the molecule is CS(=O)(=O)c1ccccc1C(=O)N1CCC(c2nc(-c3ccc(Cl)c(Cl)c3)cs2)CC1. The molecule has 1 saturated heterocycles. The number of benzene rings is 2. The monoisotopic (exact) mass is 494 g/mol. The molecule has 162 valence electrons. The average molecular weight is 495 g/mol. The first-order valence-corrected chi connectivity index (χ1v) is 13.3. The molecule has 1 aliphatic heterocycles. The van der Waals surface area contributed by atoms with E-state index in [2.05, 4.69) is 0 Å². The van der Waals surface area contributed by atoms with E-state index in [4.69, 9.17) is 28.2 Å². The maximum atomic E-state index is 13.0. The second-order valence-electron chi connectivity index (χ2n) is 7.53. The van der Waals surface area contributed by atoms with Gasteiger partial charge in [0.2, 0.25) is 0 Å². The summed E-state index contributed by atoms with van der Waals surface area (Å²) in [4.78, 5) is 19.6. The Morgan fingerprint density at radius 3 is 2.48 bits per heavy atom. The van der Waals surface area contributed by atoms with Gasteiger partial charge in [0.25, 0.3) is 5.91 Å². The van der Waals surface area contributed by atoms with Crippen molar-refractivity contribution in [3.63, 3.8) is 0 Å². The van der Waals surface area contributed by atoms with Crippen LogP contribution < -0.4 is 0 Å². The minimum Gasteiger partial charge on any atom is -0.339 e. The highest BCUT2D eigenvalue weighted by Gasteiger charge is 2.28. The van der Waals surface area contributed by atoms with Crippen LogP contribution in [0.3, 0.4) is 0 Å². The third-order valence-corrected chi connectivity index (χ3v) is 8.29. The van der Waals surface area contributed by atoms with Crippen LogP contribution in [0.4, 0.5) is 0 Å². The van der Waals surface area contributed by atoms with Crippen molar-refractivity contribution in [1.82, 2.24) is 9.88 Å². The molecule has 4 rings (SSSR count). The van der Waals surface area contributed by atoms with Gasteiger partial charge in [0.15, 0.2) is 9.84 Å². The van der Waals surface area contributed by atoms with Crippen LogP contribution in [0.1, 0.15) is 34.1 Å². The van der Waals surface area contributed by atoms with Crippen LogP contribution in [0.25, 0.3) is 11.3 Å². The number of amides is 1. The molecule has 9 heteroatoms. The van der Waals surface area contributed by atoms with E-state index in [0.717, 1.165) is 35.4 Å². The molecule has 0 spiro atoms. The van der Waals surface area contributed by atoms with E-state index in [0.29, 0.717) is 23.1 Å². The Bertz CT molecular complexity index is 1230. The standard InChI is InChI=1S/C22H20Cl2N2O3S2/c1-31(28,29)20-5-3-2-4-16(20)22(27)26-10-8-14(9-11-26)21-25-19(13-30-21)15-6-7-17(23)18(24)12-15/h2-7,12-14H,8-11H2,1H3. The summed E-state index contributed by atoms with van der Waals surface area (Å²) >= 11 is 13.7. The van der Waals surface area contributed by atoms with Gasteiger partial charge in [-0.15, -0.1) is 11.3 Å². The van der Waals surface area contributed by atoms with Gasteiger partial charge in [-0.2, -0.15) is 0 Å². The number of nitrogens with zero attached hydrogens (tertiary/aromatic N) is 2. The predicted octanol–water partition coefficient (Wildman–Crippen LogP) is 5.54. The lowest BCUT2D eigenvalue weighted by Crippen LogP contribution is -2.38. The molecule has 5 nitrogen and oxygen atoms in total. The Balaban J connectivity index is 1.46. The minimum atomic E-state index is -3.47. The molecule has 0 aliphatic carbocycles. The molecular formula is C22H20Cl2N2O3S2. The van der Waals surface area contributed by atoms with E-state index in [-0.39, 0.29) is 22.3 Å². The van der Waals surface area contributed by atoms with Crippen molar-refractivity contribution < 1.29 is 13.2 Å². The Hall–Kier alpha value is -1.93. The van der Waals surface area contributed by atoms with Gasteiger partial charge in [-0.05, 0) is 37.1 Å². The summed E-state index contributed by atoms with van der Waals surface area (Å²) in [5.41, 5.74) is 2.01. The van der Waals surface area contributed by atoms with Gasteiger partial charge in [-0.25, -0.2) is 13.4 Å². The molecule has 1 fully saturated rings. The number of piperidine rings is 1. The fourth-order valence-electron chi connectivity index (χ4n) is 3.73. The van der Waals surface area contributed by atoms with Gasteiger partial charge in [0.1, 0.15) is 0 Å². The van der Waals surface area contributed by atoms with E-state index >= 15 is 0 Å². The summed E-state index contributed by atoms with van der Waals surface area (Å²) < 4.78 is 24.1. The number of aromatic nitrogens is 1. The molecule has 0 unspecified atom stereocenters. The van der Waals surface area contributed by atoms with Crippen LogP contribution in [0, 0.1) is 0 Å². The summed E-state index contributed by atoms with van der Waals surface area (Å²) in [7, 11) is -3.47. The largest absolute Gasteiger partial charge is 0.339 e. The van der Waals surface area contributed by atoms with E-state index in [9.17, 15) is 13.2 Å². The van der Waals surface area contributed by atoms with Crippen molar-refractivity contribution in [1.29, 1.82) is 0 Å². The number of thiazole rings is 1. The molecule has 1 aliphatic rings. The maximum absolute atomic E-state index is 13.0. The zero-order valence-corrected chi connectivity index (χ0v) is 19.9. The van der Waals surface area contributed by atoms with Crippen molar-refractivity contribution >= 4 is 50.3 Å². The summed E-state index contributed by atoms with van der Waals surface area (Å²) in [6.07, 6.45) is 2.68. The van der Waals surface area contributed by atoms with E-state index in [1.54, 1.807) is 40.5 Å². The highest BCUT2D eigenvalue weighted by atomic mass is 35.5. The molecule has 1 amide bonds. The molecule has 0 saturated carbocycles. The van der Waals surface area contributed by atoms with Crippen LogP contribution in [0.15, 0.2) is 52.7 Å². The predicted molar refractivity (Wildman–Crippen MR) is 125 cm³/mol. The van der Waals surface area contributed by atoms with Crippen LogP contribution >= 0.6 is 34.5 Å². The average Bonchev–Trinajstić information content (AvgIpc) is 3.25. The van der Waals surface area contributed by atoms with Gasteiger partial charge in [-0.1, -0.05) is 41.4 Å². The second kappa shape index (κ2) is 8.90. The van der Waals surface area contributed by atoms with Gasteiger partial charge >= 0.3 is 0 Å². The maximum Gasteiger partial charge on any atom is 0.255 e. The molecule has 0 bridgehead atoms. The van der Waals surface area contributed by atoms with Crippen molar-refractivity contribution in [2.45, 2.75) is 23.7 Å². The van der Waals surface area contributed by atoms with Crippen molar-refractivity contribution in [3.05, 3.63) is 68.5 Å². The quantitative estimate of drug-likeness (QED) is 0.477. The van der Waals surface area contributed by atoms with E-state index in [1.807, 2.05) is 17.5 Å². The molecule has 0 radical (unpaired) electrons. The number of carbonyl (C=O) groups excluding carboxylic acids is 1. The molecule has 31 heavy (non-hydrogen) atoms. The molecule has 0 atom stereocenters. The fraction of sp³-hybridized carbons (Fsp3) is 0.273. The molecule has 2 heterocycles. The van der Waals surface area contributed by atoms with Gasteiger partial charge < -0.3 is 4.90 Å². The van der Waals surface area contributed by atoms with Crippen molar-refractivity contribution in [3.8, 4) is 11.3 Å². The summed E-state index contributed by atoms with van der Waals surface area (Å²) in [6, 6.07) is 11.8. The van der Waals surface area contributed by atoms with Crippen LogP contribution in [0.5, 0.6) is 0 Å². The first-order valence-electron chi connectivity index (χ1n) is 9.73. The summed E-state index contributed by atoms with van der Waals surface area (Å²) in [5, 5.41) is 4.05. The third kappa shape index (κ3) is 4.80. The molecule has 2 aromatic carbocycles. The number of sulfone groups is 1. The smallest absolute Gasteiger partial charge is 0.255 e. The summed E-state index contributed by atoms with van der Waals surface area (Å²) in [6.45, 7) is 1.12. The zero-order chi connectivity index (χ0) is 22.2. The number of carbonyl (C=O) groups is 1. The number of rotatable bonds is 4. The summed E-state index contributed by atoms with van der Waals surface area (Å²) in [5.74, 6) is 0.0193. The second-order valence-corrected chi connectivity index (χ2v) is 11.2. The van der Waals surface area contributed by atoms with E-state index < -0.39 is 9.84 Å². The Kier molecular flexibility index (Phi) is 6.40. The molecule has 1 aromatic heterocycles. The Morgan fingerprint density at radius 2 is 1.81 bits per heavy atom. The topological polar surface area (TPSA) is 67.3 Å².